The molecule has 0 unspecified atom stereocenters. The SMILES string of the molecule is COOc1ccc2c(c1)-c1n[nH]c(=O)c3cccc(c13)O2. The highest BCUT2D eigenvalue weighted by atomic mass is 17.2. The minimum atomic E-state index is -0.244. The second-order valence-electron chi connectivity index (χ2n) is 4.59. The van der Waals surface area contributed by atoms with Gasteiger partial charge in [-0.3, -0.25) is 4.79 Å². The molecule has 4 rings (SSSR count). The number of ether oxygens (including phenoxy) is 1. The van der Waals surface area contributed by atoms with Crippen LogP contribution in [0.25, 0.3) is 22.0 Å². The van der Waals surface area contributed by atoms with Crippen molar-refractivity contribution in [3.63, 3.8) is 0 Å². The number of benzene rings is 2. The first-order chi connectivity index (χ1) is 10.3. The maximum atomic E-state index is 11.9. The summed E-state index contributed by atoms with van der Waals surface area (Å²) < 4.78 is 5.85. The minimum Gasteiger partial charge on any atom is -0.456 e. The van der Waals surface area contributed by atoms with Crippen LogP contribution < -0.4 is 15.2 Å². The van der Waals surface area contributed by atoms with E-state index in [-0.39, 0.29) is 5.56 Å². The largest absolute Gasteiger partial charge is 0.456 e. The Bertz CT molecular complexity index is 917. The lowest BCUT2D eigenvalue weighted by Gasteiger charge is -2.19. The Labute approximate surface area is 118 Å². The number of aromatic amines is 1. The van der Waals surface area contributed by atoms with Gasteiger partial charge in [-0.05, 0) is 30.3 Å². The monoisotopic (exact) mass is 282 g/mol. The molecule has 1 aliphatic rings. The number of rotatable bonds is 2. The Morgan fingerprint density at radius 3 is 2.95 bits per heavy atom. The quantitative estimate of drug-likeness (QED) is 0.452. The summed E-state index contributed by atoms with van der Waals surface area (Å²) in [6.45, 7) is 0. The van der Waals surface area contributed by atoms with Gasteiger partial charge in [0.25, 0.3) is 5.56 Å². The number of nitrogens with one attached hydrogen (secondary N) is 1. The van der Waals surface area contributed by atoms with Gasteiger partial charge in [-0.2, -0.15) is 9.99 Å². The second-order valence-corrected chi connectivity index (χ2v) is 4.59. The molecule has 0 saturated carbocycles. The third-order valence-electron chi connectivity index (χ3n) is 3.38. The van der Waals surface area contributed by atoms with Crippen molar-refractivity contribution < 1.29 is 14.5 Å². The zero-order chi connectivity index (χ0) is 14.4. The molecule has 0 amide bonds. The van der Waals surface area contributed by atoms with Crippen molar-refractivity contribution >= 4 is 10.8 Å². The molecule has 0 fully saturated rings. The molecule has 6 heteroatoms. The van der Waals surface area contributed by atoms with E-state index in [1.165, 1.54) is 7.11 Å². The Balaban J connectivity index is 2.06. The molecule has 0 saturated heterocycles. The number of H-pyrrole nitrogens is 1. The average molecular weight is 282 g/mol. The zero-order valence-corrected chi connectivity index (χ0v) is 11.0. The van der Waals surface area contributed by atoms with E-state index in [9.17, 15) is 4.79 Å². The Morgan fingerprint density at radius 2 is 2.10 bits per heavy atom. The fourth-order valence-electron chi connectivity index (χ4n) is 2.52. The molecule has 1 aliphatic heterocycles. The summed E-state index contributed by atoms with van der Waals surface area (Å²) in [6, 6.07) is 10.6. The minimum absolute atomic E-state index is 0.244. The first kappa shape index (κ1) is 11.9. The van der Waals surface area contributed by atoms with E-state index in [0.29, 0.717) is 33.7 Å². The third-order valence-corrected chi connectivity index (χ3v) is 3.38. The van der Waals surface area contributed by atoms with Crippen LogP contribution in [-0.4, -0.2) is 17.3 Å². The highest BCUT2D eigenvalue weighted by molar-refractivity contribution is 6.01. The summed E-state index contributed by atoms with van der Waals surface area (Å²) in [5.41, 5.74) is 1.15. The van der Waals surface area contributed by atoms with Crippen LogP contribution in [-0.2, 0) is 4.89 Å². The van der Waals surface area contributed by atoms with Crippen LogP contribution in [0, 0.1) is 0 Å². The first-order valence-electron chi connectivity index (χ1n) is 6.32. The first-order valence-corrected chi connectivity index (χ1v) is 6.32. The molecule has 1 aromatic heterocycles. The Morgan fingerprint density at radius 1 is 1.19 bits per heavy atom. The molecule has 104 valence electrons. The van der Waals surface area contributed by atoms with E-state index < -0.39 is 0 Å². The number of nitrogens with zero attached hydrogens (tertiary/aromatic N) is 1. The van der Waals surface area contributed by atoms with Crippen molar-refractivity contribution in [3.8, 4) is 28.5 Å². The van der Waals surface area contributed by atoms with E-state index >= 15 is 0 Å². The molecule has 0 aliphatic carbocycles. The summed E-state index contributed by atoms with van der Waals surface area (Å²) in [5.74, 6) is 1.80. The molecule has 21 heavy (non-hydrogen) atoms. The molecule has 2 heterocycles. The molecule has 2 aromatic carbocycles. The second kappa shape index (κ2) is 4.32. The summed E-state index contributed by atoms with van der Waals surface area (Å²) >= 11 is 0. The van der Waals surface area contributed by atoms with Crippen molar-refractivity contribution in [1.82, 2.24) is 10.2 Å². The normalized spacial score (nSPS) is 11.9. The van der Waals surface area contributed by atoms with Crippen LogP contribution in [0.5, 0.6) is 17.2 Å². The molecule has 1 N–H and O–H groups in total. The highest BCUT2D eigenvalue weighted by Gasteiger charge is 2.23. The molecule has 3 aromatic rings. The lowest BCUT2D eigenvalue weighted by atomic mass is 10.0. The molecular formula is C15H10N2O4. The molecular weight excluding hydrogens is 272 g/mol. The van der Waals surface area contributed by atoms with Crippen LogP contribution >= 0.6 is 0 Å². The summed E-state index contributed by atoms with van der Waals surface area (Å²) in [4.78, 5) is 21.6. The van der Waals surface area contributed by atoms with Crippen molar-refractivity contribution in [1.29, 1.82) is 0 Å². The van der Waals surface area contributed by atoms with Crippen LogP contribution in [0.4, 0.5) is 0 Å². The third kappa shape index (κ3) is 1.70. The standard InChI is InChI=1S/C15H10N2O4/c1-19-21-8-5-6-11-10(7-8)14-13-9(15(18)17-16-14)3-2-4-12(13)20-11/h2-7H,1H3,(H,17,18). The fraction of sp³-hybridized carbons (Fsp3) is 0.0667. The van der Waals surface area contributed by atoms with Crippen LogP contribution in [0.2, 0.25) is 0 Å². The van der Waals surface area contributed by atoms with Gasteiger partial charge in [0.1, 0.15) is 17.2 Å². The van der Waals surface area contributed by atoms with E-state index in [4.69, 9.17) is 9.62 Å². The van der Waals surface area contributed by atoms with Gasteiger partial charge in [-0.15, -0.1) is 0 Å². The average Bonchev–Trinajstić information content (AvgIpc) is 2.51. The predicted molar refractivity (Wildman–Crippen MR) is 75.5 cm³/mol. The van der Waals surface area contributed by atoms with Crippen molar-refractivity contribution in [2.24, 2.45) is 0 Å². The smallest absolute Gasteiger partial charge is 0.272 e. The maximum absolute atomic E-state index is 11.9. The van der Waals surface area contributed by atoms with Crippen LogP contribution in [0.1, 0.15) is 0 Å². The zero-order valence-electron chi connectivity index (χ0n) is 11.0. The molecule has 0 bridgehead atoms. The molecule has 0 spiro atoms. The van der Waals surface area contributed by atoms with E-state index in [2.05, 4.69) is 15.1 Å². The number of hydrogen-bond acceptors (Lipinski definition) is 5. The van der Waals surface area contributed by atoms with Gasteiger partial charge in [0.05, 0.1) is 17.9 Å². The number of hydrogen-bond donors (Lipinski definition) is 1. The predicted octanol–water partition coefficient (Wildman–Crippen LogP) is 2.64. The van der Waals surface area contributed by atoms with Crippen molar-refractivity contribution in [3.05, 3.63) is 46.8 Å². The van der Waals surface area contributed by atoms with Crippen LogP contribution in [0.15, 0.2) is 41.2 Å². The number of fused-ring (bicyclic) bond motifs is 2. The topological polar surface area (TPSA) is 73.4 Å². The number of aromatic nitrogens is 2. The van der Waals surface area contributed by atoms with Gasteiger partial charge in [-0.25, -0.2) is 5.10 Å². The van der Waals surface area contributed by atoms with Crippen molar-refractivity contribution in [2.75, 3.05) is 7.11 Å². The lowest BCUT2D eigenvalue weighted by molar-refractivity contribution is -0.178. The van der Waals surface area contributed by atoms with Crippen LogP contribution in [0.3, 0.4) is 0 Å². The van der Waals surface area contributed by atoms with E-state index in [0.717, 1.165) is 5.56 Å². The van der Waals surface area contributed by atoms with Gasteiger partial charge >= 0.3 is 0 Å². The van der Waals surface area contributed by atoms with Gasteiger partial charge in [0.2, 0.25) is 0 Å². The molecule has 6 nitrogen and oxygen atoms in total. The lowest BCUT2D eigenvalue weighted by Crippen LogP contribution is -2.12. The van der Waals surface area contributed by atoms with Gasteiger partial charge in [0.15, 0.2) is 5.75 Å². The van der Waals surface area contributed by atoms with Gasteiger partial charge < -0.3 is 9.62 Å². The van der Waals surface area contributed by atoms with E-state index in [1.54, 1.807) is 30.3 Å². The highest BCUT2D eigenvalue weighted by Crippen LogP contribution is 2.45. The molecule has 0 atom stereocenters. The summed E-state index contributed by atoms with van der Waals surface area (Å²) in [5, 5.41) is 7.92. The van der Waals surface area contributed by atoms with E-state index in [1.807, 2.05) is 6.07 Å². The fourth-order valence-corrected chi connectivity index (χ4v) is 2.52. The summed E-state index contributed by atoms with van der Waals surface area (Å²) in [7, 11) is 1.43. The Hall–Kier alpha value is -2.86. The summed E-state index contributed by atoms with van der Waals surface area (Å²) in [6.07, 6.45) is 0. The van der Waals surface area contributed by atoms with Gasteiger partial charge in [-0.1, -0.05) is 6.07 Å². The Kier molecular flexibility index (Phi) is 2.45. The van der Waals surface area contributed by atoms with Gasteiger partial charge in [0, 0.05) is 5.56 Å². The van der Waals surface area contributed by atoms with Crippen molar-refractivity contribution in [2.45, 2.75) is 0 Å². The maximum Gasteiger partial charge on any atom is 0.272 e. The molecule has 0 radical (unpaired) electrons.